The van der Waals surface area contributed by atoms with Gasteiger partial charge in [0, 0.05) is 25.6 Å². The molecule has 0 aliphatic carbocycles. The van der Waals surface area contributed by atoms with Crippen molar-refractivity contribution in [3.8, 4) is 5.75 Å². The fourth-order valence-electron chi connectivity index (χ4n) is 2.86. The van der Waals surface area contributed by atoms with Crippen molar-refractivity contribution in [2.45, 2.75) is 44.7 Å². The predicted octanol–water partition coefficient (Wildman–Crippen LogP) is 2.65. The monoisotopic (exact) mass is 326 g/mol. The average Bonchev–Trinajstić information content (AvgIpc) is 2.99. The number of hydrogen-bond donors (Lipinski definition) is 1. The molecule has 0 bridgehead atoms. The number of rotatable bonds is 6. The Kier molecular flexibility index (Phi) is 7.69. The summed E-state index contributed by atoms with van der Waals surface area (Å²) in [5.74, 6) is 1.11. The van der Waals surface area contributed by atoms with Crippen LogP contribution in [0.2, 0.25) is 0 Å². The minimum Gasteiger partial charge on any atom is -0.496 e. The van der Waals surface area contributed by atoms with Gasteiger partial charge in [0.25, 0.3) is 0 Å². The molecule has 0 radical (unpaired) electrons. The molecule has 2 atom stereocenters. The fourth-order valence-corrected chi connectivity index (χ4v) is 2.86. The third kappa shape index (κ3) is 4.89. The molecule has 0 spiro atoms. The Morgan fingerprint density at radius 3 is 2.82 bits per heavy atom. The summed E-state index contributed by atoms with van der Waals surface area (Å²) >= 11 is 0. The molecule has 4 nitrogen and oxygen atoms in total. The number of likely N-dealkylation sites (N-methyl/N-ethyl adjacent to an activating group) is 1. The summed E-state index contributed by atoms with van der Waals surface area (Å²) in [6.07, 6.45) is 3.70. The number of carbonyl (C=O) groups is 1. The van der Waals surface area contributed by atoms with Gasteiger partial charge in [0.05, 0.1) is 7.11 Å². The number of halogens is 1. The number of nitrogens with zero attached hydrogens (tertiary/aromatic N) is 1. The van der Waals surface area contributed by atoms with Gasteiger partial charge in [-0.1, -0.05) is 18.2 Å². The molecule has 2 rings (SSSR count). The Morgan fingerprint density at radius 2 is 2.18 bits per heavy atom. The molecule has 1 aromatic rings. The van der Waals surface area contributed by atoms with Gasteiger partial charge in [0.1, 0.15) is 5.75 Å². The molecular formula is C17H27ClN2O2. The molecule has 1 heterocycles. The van der Waals surface area contributed by atoms with Crippen LogP contribution in [0.3, 0.4) is 0 Å². The van der Waals surface area contributed by atoms with Crippen molar-refractivity contribution in [3.63, 3.8) is 0 Å². The highest BCUT2D eigenvalue weighted by atomic mass is 35.5. The number of nitrogens with one attached hydrogen (secondary N) is 1. The highest BCUT2D eigenvalue weighted by Crippen LogP contribution is 2.20. The second-order valence-electron chi connectivity index (χ2n) is 5.87. The fraction of sp³-hybridized carbons (Fsp3) is 0.588. The van der Waals surface area contributed by atoms with Crippen LogP contribution >= 0.6 is 12.4 Å². The largest absolute Gasteiger partial charge is 0.496 e. The van der Waals surface area contributed by atoms with Gasteiger partial charge in [-0.25, -0.2) is 0 Å². The lowest BCUT2D eigenvalue weighted by Crippen LogP contribution is -2.39. The third-order valence-electron chi connectivity index (χ3n) is 4.35. The van der Waals surface area contributed by atoms with Crippen molar-refractivity contribution >= 4 is 18.3 Å². The second-order valence-corrected chi connectivity index (χ2v) is 5.87. The Morgan fingerprint density at radius 1 is 1.45 bits per heavy atom. The van der Waals surface area contributed by atoms with Crippen molar-refractivity contribution in [3.05, 3.63) is 29.8 Å². The normalized spacial score (nSPS) is 18.4. The molecule has 0 aromatic heterocycles. The van der Waals surface area contributed by atoms with Crippen molar-refractivity contribution < 1.29 is 9.53 Å². The highest BCUT2D eigenvalue weighted by Gasteiger charge is 2.22. The minimum absolute atomic E-state index is 0. The SMILES string of the molecule is COc1ccccc1CC(C)N(C)C(=O)CC1CCCN1.Cl. The summed E-state index contributed by atoms with van der Waals surface area (Å²) in [5.41, 5.74) is 1.14. The van der Waals surface area contributed by atoms with E-state index in [-0.39, 0.29) is 24.4 Å². The second kappa shape index (κ2) is 9.01. The van der Waals surface area contributed by atoms with E-state index in [0.717, 1.165) is 30.7 Å². The van der Waals surface area contributed by atoms with Gasteiger partial charge in [-0.05, 0) is 44.4 Å². The Bertz CT molecular complexity index is 475. The minimum atomic E-state index is 0. The van der Waals surface area contributed by atoms with Gasteiger partial charge in [-0.3, -0.25) is 4.79 Å². The first-order chi connectivity index (χ1) is 10.1. The summed E-state index contributed by atoms with van der Waals surface area (Å²) in [4.78, 5) is 14.2. The van der Waals surface area contributed by atoms with Crippen LogP contribution in [0.15, 0.2) is 24.3 Å². The number of para-hydroxylation sites is 1. The van der Waals surface area contributed by atoms with Gasteiger partial charge in [-0.2, -0.15) is 0 Å². The van der Waals surface area contributed by atoms with E-state index in [0.29, 0.717) is 12.5 Å². The maximum absolute atomic E-state index is 12.3. The lowest BCUT2D eigenvalue weighted by atomic mass is 10.0. The summed E-state index contributed by atoms with van der Waals surface area (Å²) in [7, 11) is 3.58. The van der Waals surface area contributed by atoms with E-state index in [1.165, 1.54) is 6.42 Å². The molecule has 22 heavy (non-hydrogen) atoms. The van der Waals surface area contributed by atoms with E-state index in [4.69, 9.17) is 4.74 Å². The summed E-state index contributed by atoms with van der Waals surface area (Å²) < 4.78 is 5.38. The van der Waals surface area contributed by atoms with Gasteiger partial charge in [0.15, 0.2) is 0 Å². The van der Waals surface area contributed by atoms with E-state index in [9.17, 15) is 4.79 Å². The molecule has 0 saturated carbocycles. The van der Waals surface area contributed by atoms with Crippen molar-refractivity contribution in [1.29, 1.82) is 0 Å². The van der Waals surface area contributed by atoms with Crippen molar-refractivity contribution in [2.75, 3.05) is 20.7 Å². The maximum atomic E-state index is 12.3. The lowest BCUT2D eigenvalue weighted by Gasteiger charge is -2.27. The van der Waals surface area contributed by atoms with Crippen LogP contribution in [0.25, 0.3) is 0 Å². The standard InChI is InChI=1S/C17H26N2O2.ClH/c1-13(11-14-7-4-5-9-16(14)21-3)19(2)17(20)12-15-8-6-10-18-15;/h4-5,7,9,13,15,18H,6,8,10-12H2,1-3H3;1H. The number of methoxy groups -OCH3 is 1. The summed E-state index contributed by atoms with van der Waals surface area (Å²) in [5, 5.41) is 3.38. The topological polar surface area (TPSA) is 41.6 Å². The highest BCUT2D eigenvalue weighted by molar-refractivity contribution is 5.85. The smallest absolute Gasteiger partial charge is 0.224 e. The van der Waals surface area contributed by atoms with Crippen LogP contribution in [0, 0.1) is 0 Å². The molecule has 1 fully saturated rings. The molecule has 1 aromatic carbocycles. The van der Waals surface area contributed by atoms with E-state index >= 15 is 0 Å². The molecule has 1 aliphatic rings. The van der Waals surface area contributed by atoms with E-state index in [1.54, 1.807) is 7.11 Å². The molecule has 1 amide bonds. The van der Waals surface area contributed by atoms with Gasteiger partial charge in [-0.15, -0.1) is 12.4 Å². The number of hydrogen-bond acceptors (Lipinski definition) is 3. The third-order valence-corrected chi connectivity index (χ3v) is 4.35. The quantitative estimate of drug-likeness (QED) is 0.874. The molecular weight excluding hydrogens is 300 g/mol. The van der Waals surface area contributed by atoms with Crippen LogP contribution < -0.4 is 10.1 Å². The van der Waals surface area contributed by atoms with Gasteiger partial charge in [0.2, 0.25) is 5.91 Å². The van der Waals surface area contributed by atoms with E-state index in [1.807, 2.05) is 30.1 Å². The Balaban J connectivity index is 0.00000242. The van der Waals surface area contributed by atoms with E-state index < -0.39 is 0 Å². The van der Waals surface area contributed by atoms with Gasteiger partial charge >= 0.3 is 0 Å². The molecule has 5 heteroatoms. The van der Waals surface area contributed by atoms with E-state index in [2.05, 4.69) is 18.3 Å². The lowest BCUT2D eigenvalue weighted by molar-refractivity contribution is -0.132. The molecule has 2 unspecified atom stereocenters. The zero-order valence-electron chi connectivity index (χ0n) is 13.7. The predicted molar refractivity (Wildman–Crippen MR) is 91.8 cm³/mol. The first-order valence-electron chi connectivity index (χ1n) is 7.72. The van der Waals surface area contributed by atoms with Crippen LogP contribution in [0.1, 0.15) is 31.7 Å². The summed E-state index contributed by atoms with van der Waals surface area (Å²) in [6.45, 7) is 3.13. The molecule has 1 N–H and O–H groups in total. The Labute approximate surface area is 139 Å². The molecule has 1 aliphatic heterocycles. The maximum Gasteiger partial charge on any atom is 0.224 e. The van der Waals surface area contributed by atoms with Gasteiger partial charge < -0.3 is 15.0 Å². The molecule has 124 valence electrons. The van der Waals surface area contributed by atoms with Crippen LogP contribution in [0.4, 0.5) is 0 Å². The molecule has 1 saturated heterocycles. The van der Waals surface area contributed by atoms with Crippen LogP contribution in [-0.2, 0) is 11.2 Å². The number of amides is 1. The zero-order chi connectivity index (χ0) is 15.2. The number of benzene rings is 1. The first kappa shape index (κ1) is 18.8. The van der Waals surface area contributed by atoms with Crippen molar-refractivity contribution in [1.82, 2.24) is 10.2 Å². The van der Waals surface area contributed by atoms with Crippen molar-refractivity contribution in [2.24, 2.45) is 0 Å². The average molecular weight is 327 g/mol. The number of ether oxygens (including phenoxy) is 1. The first-order valence-corrected chi connectivity index (χ1v) is 7.72. The summed E-state index contributed by atoms with van der Waals surface area (Å²) in [6, 6.07) is 8.52. The van der Waals surface area contributed by atoms with Crippen LogP contribution in [-0.4, -0.2) is 43.6 Å². The zero-order valence-corrected chi connectivity index (χ0v) is 14.5. The Hall–Kier alpha value is -1.26. The van der Waals surface area contributed by atoms with Crippen LogP contribution in [0.5, 0.6) is 5.75 Å². The number of carbonyl (C=O) groups excluding carboxylic acids is 1.